The molecule has 1 atom stereocenters. The number of fused-ring (bicyclic) bond motifs is 1. The molecule has 1 N–H and O–H groups in total. The summed E-state index contributed by atoms with van der Waals surface area (Å²) in [5.74, 6) is 0.893. The maximum absolute atomic E-state index is 14.2. The molecule has 1 aromatic heterocycles. The zero-order valence-electron chi connectivity index (χ0n) is 15.4. The average molecular weight is 366 g/mol. The smallest absolute Gasteiger partial charge is 0.143 e. The lowest BCUT2D eigenvalue weighted by Gasteiger charge is -2.32. The van der Waals surface area contributed by atoms with Crippen LogP contribution in [0.1, 0.15) is 30.2 Å². The number of halogens is 1. The third-order valence-corrected chi connectivity index (χ3v) is 5.40. The first kappa shape index (κ1) is 17.7. The van der Waals surface area contributed by atoms with Gasteiger partial charge in [-0.3, -0.25) is 4.90 Å². The normalized spacial score (nSPS) is 15.5. The van der Waals surface area contributed by atoms with Crippen molar-refractivity contribution in [3.63, 3.8) is 0 Å². The van der Waals surface area contributed by atoms with E-state index in [1.54, 1.807) is 24.3 Å². The van der Waals surface area contributed by atoms with Crippen molar-refractivity contribution in [3.8, 4) is 17.0 Å². The van der Waals surface area contributed by atoms with Gasteiger partial charge in [-0.2, -0.15) is 0 Å². The molecular weight excluding hydrogens is 343 g/mol. The lowest BCUT2D eigenvalue weighted by atomic mass is 9.98. The number of nitrogens with zero attached hydrogens (tertiary/aromatic N) is 2. The fourth-order valence-corrected chi connectivity index (χ4v) is 3.69. The first-order chi connectivity index (χ1) is 13.1. The highest BCUT2D eigenvalue weighted by Crippen LogP contribution is 2.32. The molecule has 0 bridgehead atoms. The Bertz CT molecular complexity index is 920. The van der Waals surface area contributed by atoms with E-state index in [9.17, 15) is 9.50 Å². The van der Waals surface area contributed by atoms with E-state index in [1.165, 1.54) is 11.6 Å². The Hall–Kier alpha value is -2.66. The van der Waals surface area contributed by atoms with Gasteiger partial charge in [0.15, 0.2) is 0 Å². The minimum atomic E-state index is -0.272. The van der Waals surface area contributed by atoms with Gasteiger partial charge in [0.1, 0.15) is 23.0 Å². The molecule has 2 aromatic carbocycles. The molecule has 1 aliphatic heterocycles. The van der Waals surface area contributed by atoms with Crippen molar-refractivity contribution in [2.45, 2.75) is 38.8 Å². The van der Waals surface area contributed by atoms with Crippen molar-refractivity contribution in [2.75, 3.05) is 6.54 Å². The van der Waals surface area contributed by atoms with Crippen LogP contribution >= 0.6 is 0 Å². The van der Waals surface area contributed by atoms with Crippen molar-refractivity contribution in [1.29, 1.82) is 0 Å². The van der Waals surface area contributed by atoms with Crippen molar-refractivity contribution in [2.24, 2.45) is 0 Å². The Morgan fingerprint density at radius 1 is 1.19 bits per heavy atom. The molecule has 4 rings (SSSR count). The molecule has 27 heavy (non-hydrogen) atoms. The summed E-state index contributed by atoms with van der Waals surface area (Å²) >= 11 is 0. The molecule has 0 fully saturated rings. The molecule has 140 valence electrons. The fraction of sp³-hybridized carbons (Fsp3) is 0.318. The van der Waals surface area contributed by atoms with E-state index in [2.05, 4.69) is 17.0 Å². The molecule has 5 heteroatoms. The molecule has 4 nitrogen and oxygen atoms in total. The topological polar surface area (TPSA) is 49.5 Å². The van der Waals surface area contributed by atoms with Crippen LogP contribution in [0, 0.1) is 5.82 Å². The van der Waals surface area contributed by atoms with E-state index >= 15 is 0 Å². The van der Waals surface area contributed by atoms with Crippen LogP contribution in [0.5, 0.6) is 5.75 Å². The van der Waals surface area contributed by atoms with Crippen LogP contribution in [-0.2, 0) is 19.4 Å². The number of benzene rings is 2. The number of phenols is 1. The van der Waals surface area contributed by atoms with Gasteiger partial charge in [0.05, 0.1) is 0 Å². The second-order valence-corrected chi connectivity index (χ2v) is 7.19. The summed E-state index contributed by atoms with van der Waals surface area (Å²) in [7, 11) is 0. The Balaban J connectivity index is 1.47. The van der Waals surface area contributed by atoms with E-state index in [0.29, 0.717) is 23.0 Å². The van der Waals surface area contributed by atoms with Crippen LogP contribution in [-0.4, -0.2) is 27.7 Å². The second-order valence-electron chi connectivity index (χ2n) is 7.19. The summed E-state index contributed by atoms with van der Waals surface area (Å²) in [4.78, 5) is 2.41. The summed E-state index contributed by atoms with van der Waals surface area (Å²) in [6.45, 7) is 3.86. The Labute approximate surface area is 158 Å². The number of aryl methyl sites for hydroxylation is 1. The number of hydrogen-bond acceptors (Lipinski definition) is 4. The molecule has 1 aliphatic rings. The molecule has 3 aromatic rings. The second kappa shape index (κ2) is 7.53. The molecule has 1 unspecified atom stereocenters. The van der Waals surface area contributed by atoms with Gasteiger partial charge in [-0.1, -0.05) is 29.4 Å². The van der Waals surface area contributed by atoms with E-state index in [1.807, 2.05) is 18.2 Å². The van der Waals surface area contributed by atoms with Crippen molar-refractivity contribution in [1.82, 2.24) is 10.1 Å². The highest BCUT2D eigenvalue weighted by molar-refractivity contribution is 5.64. The van der Waals surface area contributed by atoms with E-state index < -0.39 is 0 Å². The third kappa shape index (κ3) is 3.74. The number of aromatic hydroxyl groups is 1. The zero-order chi connectivity index (χ0) is 18.8. The summed E-state index contributed by atoms with van der Waals surface area (Å²) in [6, 6.07) is 14.5. The number of hydrogen-bond donors (Lipinski definition) is 1. The van der Waals surface area contributed by atoms with Gasteiger partial charge in [0, 0.05) is 36.7 Å². The standard InChI is InChI=1S/C22H23FN2O2/c1-15(6-7-16-8-10-17(26)11-9-16)25-13-12-21-19(14-25)22(24-27-21)18-4-2-3-5-20(18)23/h2-5,8-11,15,26H,6-7,12-14H2,1H3. The number of phenolic OH excluding ortho intramolecular Hbond substituents is 1. The van der Waals surface area contributed by atoms with Gasteiger partial charge in [-0.25, -0.2) is 4.39 Å². The minimum absolute atomic E-state index is 0.272. The minimum Gasteiger partial charge on any atom is -0.508 e. The van der Waals surface area contributed by atoms with E-state index in [-0.39, 0.29) is 5.82 Å². The highest BCUT2D eigenvalue weighted by Gasteiger charge is 2.28. The molecule has 0 aliphatic carbocycles. The van der Waals surface area contributed by atoms with Crippen molar-refractivity contribution in [3.05, 3.63) is 71.2 Å². The van der Waals surface area contributed by atoms with Gasteiger partial charge < -0.3 is 9.63 Å². The Kier molecular flexibility index (Phi) is 4.94. The van der Waals surface area contributed by atoms with Gasteiger partial charge in [-0.15, -0.1) is 0 Å². The van der Waals surface area contributed by atoms with Crippen LogP contribution in [0.15, 0.2) is 53.1 Å². The Morgan fingerprint density at radius 3 is 2.74 bits per heavy atom. The zero-order valence-corrected chi connectivity index (χ0v) is 15.4. The quantitative estimate of drug-likeness (QED) is 0.719. The first-order valence-electron chi connectivity index (χ1n) is 9.36. The van der Waals surface area contributed by atoms with Gasteiger partial charge >= 0.3 is 0 Å². The predicted molar refractivity (Wildman–Crippen MR) is 102 cm³/mol. The summed E-state index contributed by atoms with van der Waals surface area (Å²) in [6.07, 6.45) is 2.76. The molecule has 0 saturated heterocycles. The van der Waals surface area contributed by atoms with Gasteiger partial charge in [0.25, 0.3) is 0 Å². The van der Waals surface area contributed by atoms with E-state index in [0.717, 1.165) is 43.7 Å². The average Bonchev–Trinajstić information content (AvgIpc) is 3.10. The van der Waals surface area contributed by atoms with Crippen molar-refractivity contribution >= 4 is 0 Å². The Morgan fingerprint density at radius 2 is 1.96 bits per heavy atom. The maximum atomic E-state index is 14.2. The van der Waals surface area contributed by atoms with Crippen LogP contribution in [0.2, 0.25) is 0 Å². The third-order valence-electron chi connectivity index (χ3n) is 5.40. The predicted octanol–water partition coefficient (Wildman–Crippen LogP) is 4.57. The van der Waals surface area contributed by atoms with Gasteiger partial charge in [0.2, 0.25) is 0 Å². The summed E-state index contributed by atoms with van der Waals surface area (Å²) in [5.41, 5.74) is 3.34. The summed E-state index contributed by atoms with van der Waals surface area (Å²) < 4.78 is 19.7. The van der Waals surface area contributed by atoms with Crippen LogP contribution in [0.4, 0.5) is 4.39 Å². The van der Waals surface area contributed by atoms with E-state index in [4.69, 9.17) is 4.52 Å². The lowest BCUT2D eigenvalue weighted by Crippen LogP contribution is -2.37. The largest absolute Gasteiger partial charge is 0.508 e. The SMILES string of the molecule is CC(CCc1ccc(O)cc1)N1CCc2onc(-c3ccccc3F)c2C1. The molecular formula is C22H23FN2O2. The van der Waals surface area contributed by atoms with Crippen LogP contribution < -0.4 is 0 Å². The van der Waals surface area contributed by atoms with Gasteiger partial charge in [-0.05, 0) is 49.6 Å². The molecule has 0 saturated carbocycles. The molecule has 0 spiro atoms. The van der Waals surface area contributed by atoms with Crippen molar-refractivity contribution < 1.29 is 14.0 Å². The molecule has 0 amide bonds. The highest BCUT2D eigenvalue weighted by atomic mass is 19.1. The van der Waals surface area contributed by atoms with Crippen LogP contribution in [0.3, 0.4) is 0 Å². The first-order valence-corrected chi connectivity index (χ1v) is 9.36. The summed E-state index contributed by atoms with van der Waals surface area (Å²) in [5, 5.41) is 13.6. The molecule has 2 heterocycles. The number of aromatic nitrogens is 1. The lowest BCUT2D eigenvalue weighted by molar-refractivity contribution is 0.173. The number of rotatable bonds is 5. The fourth-order valence-electron chi connectivity index (χ4n) is 3.69. The molecule has 0 radical (unpaired) electrons. The monoisotopic (exact) mass is 366 g/mol. The van der Waals surface area contributed by atoms with Crippen LogP contribution in [0.25, 0.3) is 11.3 Å². The maximum Gasteiger partial charge on any atom is 0.143 e.